The molecule has 2 aromatic rings. The minimum absolute atomic E-state index is 0.115. The van der Waals surface area contributed by atoms with Gasteiger partial charge in [0, 0.05) is 35.6 Å². The number of nitrogens with zero attached hydrogens (tertiary/aromatic N) is 2. The fraction of sp³-hybridized carbons (Fsp3) is 0.600. The van der Waals surface area contributed by atoms with Crippen molar-refractivity contribution in [3.05, 3.63) is 28.9 Å². The lowest BCUT2D eigenvalue weighted by Crippen LogP contribution is -2.47. The number of carbonyl (C=O) groups is 1. The number of hydrogen-bond donors (Lipinski definition) is 3. The number of aliphatic hydroxyl groups is 1. The van der Waals surface area contributed by atoms with Crippen molar-refractivity contribution in [3.8, 4) is 0 Å². The number of nitrogens with one attached hydrogen (secondary N) is 2. The molecule has 1 aliphatic heterocycles. The number of benzene rings is 1. The van der Waals surface area contributed by atoms with Crippen molar-refractivity contribution < 1.29 is 23.1 Å². The van der Waals surface area contributed by atoms with Crippen molar-refractivity contribution in [1.29, 1.82) is 0 Å². The van der Waals surface area contributed by atoms with Gasteiger partial charge < -0.3 is 15.3 Å². The molecule has 0 saturated carbocycles. The summed E-state index contributed by atoms with van der Waals surface area (Å²) < 4.78 is 36.7. The molecule has 10 heteroatoms. The number of aliphatic hydroxyl groups excluding tert-OH is 1. The summed E-state index contributed by atoms with van der Waals surface area (Å²) in [6, 6.07) is 3.03. The van der Waals surface area contributed by atoms with E-state index in [1.807, 2.05) is 13.8 Å². The molecule has 3 N–H and O–H groups in total. The number of urea groups is 1. The van der Waals surface area contributed by atoms with Gasteiger partial charge in [-0.3, -0.25) is 5.10 Å². The highest BCUT2D eigenvalue weighted by Gasteiger charge is 2.40. The summed E-state index contributed by atoms with van der Waals surface area (Å²) in [5.41, 5.74) is 0.899. The van der Waals surface area contributed by atoms with Crippen LogP contribution in [0.25, 0.3) is 10.9 Å². The van der Waals surface area contributed by atoms with Crippen LogP contribution < -0.4 is 5.32 Å². The van der Waals surface area contributed by atoms with Crippen LogP contribution in [0.1, 0.15) is 44.8 Å². The molecule has 6 nitrogen and oxygen atoms in total. The lowest BCUT2D eigenvalue weighted by molar-refractivity contribution is -0.133. The number of piperidine rings is 1. The van der Waals surface area contributed by atoms with Gasteiger partial charge in [0.1, 0.15) is 0 Å². The molecule has 0 bridgehead atoms. The number of rotatable bonds is 5. The first-order chi connectivity index (χ1) is 14.0. The average Bonchev–Trinajstić information content (AvgIpc) is 3.14. The second kappa shape index (κ2) is 8.63. The van der Waals surface area contributed by atoms with Crippen molar-refractivity contribution >= 4 is 28.5 Å². The van der Waals surface area contributed by atoms with Gasteiger partial charge in [-0.05, 0) is 36.3 Å². The van der Waals surface area contributed by atoms with Gasteiger partial charge >= 0.3 is 12.2 Å². The van der Waals surface area contributed by atoms with Gasteiger partial charge in [0.05, 0.1) is 24.2 Å². The molecule has 1 aromatic heterocycles. The largest absolute Gasteiger partial charge is 0.390 e. The lowest BCUT2D eigenvalue weighted by Gasteiger charge is -2.43. The first kappa shape index (κ1) is 22.7. The molecule has 0 unspecified atom stereocenters. The third-order valence-corrected chi connectivity index (χ3v) is 6.28. The molecule has 2 amide bonds. The number of aromatic amines is 1. The first-order valence-corrected chi connectivity index (χ1v) is 10.3. The Morgan fingerprint density at radius 2 is 2.03 bits per heavy atom. The predicted molar refractivity (Wildman–Crippen MR) is 108 cm³/mol. The molecular weight excluding hydrogens is 421 g/mol. The Hall–Kier alpha value is -2.00. The quantitative estimate of drug-likeness (QED) is 0.625. The molecule has 1 atom stereocenters. The van der Waals surface area contributed by atoms with Gasteiger partial charge in [-0.2, -0.15) is 18.3 Å². The van der Waals surface area contributed by atoms with Crippen LogP contribution in [-0.4, -0.2) is 52.0 Å². The second-order valence-corrected chi connectivity index (χ2v) is 8.85. The van der Waals surface area contributed by atoms with Crippen LogP contribution in [0.2, 0.25) is 5.02 Å². The third-order valence-electron chi connectivity index (χ3n) is 6.06. The third kappa shape index (κ3) is 5.00. The van der Waals surface area contributed by atoms with E-state index in [4.69, 9.17) is 11.6 Å². The summed E-state index contributed by atoms with van der Waals surface area (Å²) in [6.45, 7) is 4.37. The number of carbonyl (C=O) groups excluding carboxylic acids is 1. The van der Waals surface area contributed by atoms with Crippen LogP contribution in [0.4, 0.5) is 18.0 Å². The van der Waals surface area contributed by atoms with E-state index in [2.05, 4.69) is 15.5 Å². The Kier molecular flexibility index (Phi) is 6.52. The maximum absolute atomic E-state index is 12.2. The van der Waals surface area contributed by atoms with Gasteiger partial charge in [-0.15, -0.1) is 0 Å². The number of hydrogen-bond acceptors (Lipinski definition) is 3. The Labute approximate surface area is 177 Å². The van der Waals surface area contributed by atoms with Crippen LogP contribution in [0, 0.1) is 11.3 Å². The van der Waals surface area contributed by atoms with Gasteiger partial charge in [-0.25, -0.2) is 4.79 Å². The molecule has 3 rings (SSSR count). The molecule has 0 aliphatic carbocycles. The molecule has 1 aliphatic rings. The Balaban J connectivity index is 1.62. The molecule has 1 fully saturated rings. The summed E-state index contributed by atoms with van der Waals surface area (Å²) in [6.07, 6.45) is -3.21. The van der Waals surface area contributed by atoms with E-state index in [0.29, 0.717) is 36.5 Å². The van der Waals surface area contributed by atoms with E-state index in [-0.39, 0.29) is 5.92 Å². The predicted octanol–water partition coefficient (Wildman–Crippen LogP) is 4.65. The minimum Gasteiger partial charge on any atom is -0.388 e. The molecule has 1 aromatic carbocycles. The van der Waals surface area contributed by atoms with Gasteiger partial charge in [0.2, 0.25) is 0 Å². The normalized spacial score (nSPS) is 17.4. The monoisotopic (exact) mass is 446 g/mol. The molecule has 0 spiro atoms. The molecule has 1 saturated heterocycles. The SMILES string of the molecule is CC(C)(C1CCN(C(=O)NCCC(F)(F)F)CC1)[C@H](O)c1cc(Cl)cc2cn[nH]c12. The lowest BCUT2D eigenvalue weighted by atomic mass is 9.68. The summed E-state index contributed by atoms with van der Waals surface area (Å²) in [4.78, 5) is 13.7. The summed E-state index contributed by atoms with van der Waals surface area (Å²) in [5, 5.41) is 21.8. The van der Waals surface area contributed by atoms with Crippen molar-refractivity contribution in [2.75, 3.05) is 19.6 Å². The van der Waals surface area contributed by atoms with Crippen molar-refractivity contribution in [3.63, 3.8) is 0 Å². The maximum atomic E-state index is 12.2. The molecule has 30 heavy (non-hydrogen) atoms. The zero-order valence-corrected chi connectivity index (χ0v) is 17.6. The number of likely N-dealkylation sites (tertiary alicyclic amines) is 1. The zero-order chi connectivity index (χ0) is 22.1. The summed E-state index contributed by atoms with van der Waals surface area (Å²) >= 11 is 6.21. The average molecular weight is 447 g/mol. The highest BCUT2D eigenvalue weighted by Crippen LogP contribution is 2.46. The Morgan fingerprint density at radius 1 is 1.37 bits per heavy atom. The van der Waals surface area contributed by atoms with Crippen LogP contribution in [0.3, 0.4) is 0 Å². The number of H-pyrrole nitrogens is 1. The molecular formula is C20H26ClF3N4O2. The number of alkyl halides is 3. The minimum atomic E-state index is -4.29. The summed E-state index contributed by atoms with van der Waals surface area (Å²) in [7, 11) is 0. The standard InChI is InChI=1S/C20H26ClF3N4O2/c1-19(2,17(29)15-10-14(21)9-12-11-26-27-16(12)15)13-3-7-28(8-4-13)18(30)25-6-5-20(22,23)24/h9-11,13,17,29H,3-8H2,1-2H3,(H,25,30)(H,26,27)/t17-/m1/s1. The number of fused-ring (bicyclic) bond motifs is 1. The summed E-state index contributed by atoms with van der Waals surface area (Å²) in [5.74, 6) is 0.115. The Bertz CT molecular complexity index is 892. The van der Waals surface area contributed by atoms with E-state index in [1.165, 1.54) is 4.90 Å². The number of amides is 2. The number of aromatic nitrogens is 2. The number of halogens is 4. The van der Waals surface area contributed by atoms with Gasteiger partial charge in [0.15, 0.2) is 0 Å². The molecule has 166 valence electrons. The Morgan fingerprint density at radius 3 is 2.67 bits per heavy atom. The fourth-order valence-electron chi connectivity index (χ4n) is 4.14. The van der Waals surface area contributed by atoms with Crippen LogP contribution in [0.15, 0.2) is 18.3 Å². The first-order valence-electron chi connectivity index (χ1n) is 9.89. The maximum Gasteiger partial charge on any atom is 0.390 e. The van der Waals surface area contributed by atoms with Gasteiger partial charge in [-0.1, -0.05) is 25.4 Å². The van der Waals surface area contributed by atoms with Gasteiger partial charge in [0.25, 0.3) is 0 Å². The van der Waals surface area contributed by atoms with E-state index in [0.717, 1.165) is 10.9 Å². The van der Waals surface area contributed by atoms with Crippen molar-refractivity contribution in [2.45, 2.75) is 45.4 Å². The van der Waals surface area contributed by atoms with Crippen molar-refractivity contribution in [1.82, 2.24) is 20.4 Å². The topological polar surface area (TPSA) is 81.2 Å². The van der Waals surface area contributed by atoms with Crippen LogP contribution in [-0.2, 0) is 0 Å². The van der Waals surface area contributed by atoms with Crippen molar-refractivity contribution in [2.24, 2.45) is 11.3 Å². The molecule has 0 radical (unpaired) electrons. The highest BCUT2D eigenvalue weighted by atomic mass is 35.5. The van der Waals surface area contributed by atoms with Crippen LogP contribution in [0.5, 0.6) is 0 Å². The van der Waals surface area contributed by atoms with Crippen LogP contribution >= 0.6 is 11.6 Å². The van der Waals surface area contributed by atoms with E-state index >= 15 is 0 Å². The van der Waals surface area contributed by atoms with E-state index < -0.39 is 36.7 Å². The second-order valence-electron chi connectivity index (χ2n) is 8.41. The smallest absolute Gasteiger partial charge is 0.388 e. The van der Waals surface area contributed by atoms with E-state index in [1.54, 1.807) is 18.3 Å². The molecule has 2 heterocycles. The van der Waals surface area contributed by atoms with E-state index in [9.17, 15) is 23.1 Å². The highest BCUT2D eigenvalue weighted by molar-refractivity contribution is 6.31. The fourth-order valence-corrected chi connectivity index (χ4v) is 4.37. The zero-order valence-electron chi connectivity index (χ0n) is 16.9.